The first-order chi connectivity index (χ1) is 8.31. The Morgan fingerprint density at radius 3 is 3.00 bits per heavy atom. The molecular weight excluding hydrogens is 218 g/mol. The van der Waals surface area contributed by atoms with E-state index in [1.54, 1.807) is 12.3 Å². The molecule has 0 unspecified atom stereocenters. The fraction of sp³-hybridized carbons (Fsp3) is 0.615. The number of hydrogen-bond acceptors (Lipinski definition) is 4. The Morgan fingerprint density at radius 2 is 2.29 bits per heavy atom. The van der Waals surface area contributed by atoms with E-state index in [9.17, 15) is 4.79 Å². The van der Waals surface area contributed by atoms with Crippen molar-refractivity contribution in [2.24, 2.45) is 5.92 Å². The first-order valence-electron chi connectivity index (χ1n) is 6.25. The molecule has 4 nitrogen and oxygen atoms in total. The van der Waals surface area contributed by atoms with Crippen LogP contribution < -0.4 is 5.32 Å². The fourth-order valence-electron chi connectivity index (χ4n) is 2.24. The number of hydrogen-bond donors (Lipinski definition) is 1. The zero-order valence-corrected chi connectivity index (χ0v) is 10.2. The molecule has 17 heavy (non-hydrogen) atoms. The lowest BCUT2D eigenvalue weighted by molar-refractivity contribution is 0.0523. The standard InChI is InChI=1S/C13H19NO3/c1-2-16-13(15)11-5-8-17-12(11)9-10-3-6-14-7-4-10/h5,8,10,14H,2-4,6-7,9H2,1H3. The topological polar surface area (TPSA) is 51.5 Å². The number of piperidine rings is 1. The molecule has 2 heterocycles. The van der Waals surface area contributed by atoms with Gasteiger partial charge in [0, 0.05) is 6.42 Å². The highest BCUT2D eigenvalue weighted by Crippen LogP contribution is 2.21. The number of rotatable bonds is 4. The van der Waals surface area contributed by atoms with Gasteiger partial charge in [-0.25, -0.2) is 4.79 Å². The van der Waals surface area contributed by atoms with Gasteiger partial charge in [-0.1, -0.05) is 0 Å². The van der Waals surface area contributed by atoms with Crippen molar-refractivity contribution in [3.8, 4) is 0 Å². The number of furan rings is 1. The normalized spacial score (nSPS) is 17.0. The monoisotopic (exact) mass is 237 g/mol. The Morgan fingerprint density at radius 1 is 1.53 bits per heavy atom. The first kappa shape index (κ1) is 12.2. The van der Waals surface area contributed by atoms with Crippen LogP contribution >= 0.6 is 0 Å². The fourth-order valence-corrected chi connectivity index (χ4v) is 2.24. The van der Waals surface area contributed by atoms with E-state index < -0.39 is 0 Å². The second-order valence-corrected chi connectivity index (χ2v) is 4.38. The van der Waals surface area contributed by atoms with Gasteiger partial charge in [-0.3, -0.25) is 0 Å². The predicted octanol–water partition coefficient (Wildman–Crippen LogP) is 2.00. The van der Waals surface area contributed by atoms with Crippen molar-refractivity contribution in [3.63, 3.8) is 0 Å². The quantitative estimate of drug-likeness (QED) is 0.814. The second kappa shape index (κ2) is 5.87. The van der Waals surface area contributed by atoms with Crippen LogP contribution in [0.2, 0.25) is 0 Å². The molecule has 0 spiro atoms. The summed E-state index contributed by atoms with van der Waals surface area (Å²) in [5.74, 6) is 1.11. The van der Waals surface area contributed by atoms with Crippen molar-refractivity contribution >= 4 is 5.97 Å². The van der Waals surface area contributed by atoms with Crippen LogP contribution in [0.15, 0.2) is 16.7 Å². The third-order valence-electron chi connectivity index (χ3n) is 3.17. The summed E-state index contributed by atoms with van der Waals surface area (Å²) in [7, 11) is 0. The molecule has 1 aromatic rings. The van der Waals surface area contributed by atoms with E-state index in [1.807, 2.05) is 6.92 Å². The molecule has 0 aliphatic carbocycles. The SMILES string of the molecule is CCOC(=O)c1ccoc1CC1CCNCC1. The molecule has 0 bridgehead atoms. The highest BCUT2D eigenvalue weighted by Gasteiger charge is 2.20. The van der Waals surface area contributed by atoms with Crippen molar-refractivity contribution in [1.29, 1.82) is 0 Å². The van der Waals surface area contributed by atoms with Crippen molar-refractivity contribution in [2.75, 3.05) is 19.7 Å². The van der Waals surface area contributed by atoms with E-state index in [-0.39, 0.29) is 5.97 Å². The van der Waals surface area contributed by atoms with E-state index >= 15 is 0 Å². The van der Waals surface area contributed by atoms with E-state index in [1.165, 1.54) is 0 Å². The minimum Gasteiger partial charge on any atom is -0.468 e. The van der Waals surface area contributed by atoms with Crippen molar-refractivity contribution in [3.05, 3.63) is 23.7 Å². The molecule has 0 radical (unpaired) electrons. The molecule has 0 atom stereocenters. The summed E-state index contributed by atoms with van der Waals surface area (Å²) in [5.41, 5.74) is 0.588. The Kier molecular flexibility index (Phi) is 4.20. The maximum atomic E-state index is 11.7. The van der Waals surface area contributed by atoms with Crippen LogP contribution in [-0.4, -0.2) is 25.7 Å². The molecular formula is C13H19NO3. The van der Waals surface area contributed by atoms with Crippen LogP contribution in [-0.2, 0) is 11.2 Å². The van der Waals surface area contributed by atoms with Gasteiger partial charge in [-0.15, -0.1) is 0 Å². The minimum atomic E-state index is -0.273. The van der Waals surface area contributed by atoms with Gasteiger partial charge < -0.3 is 14.5 Å². The number of carbonyl (C=O) groups is 1. The molecule has 1 aliphatic rings. The maximum Gasteiger partial charge on any atom is 0.341 e. The van der Waals surface area contributed by atoms with Gasteiger partial charge >= 0.3 is 5.97 Å². The van der Waals surface area contributed by atoms with E-state index in [0.717, 1.165) is 38.1 Å². The zero-order chi connectivity index (χ0) is 12.1. The molecule has 1 saturated heterocycles. The van der Waals surface area contributed by atoms with Gasteiger partial charge in [0.05, 0.1) is 12.9 Å². The lowest BCUT2D eigenvalue weighted by Gasteiger charge is -2.21. The molecule has 94 valence electrons. The molecule has 1 aliphatic heterocycles. The molecule has 2 rings (SSSR count). The number of nitrogens with one attached hydrogen (secondary N) is 1. The van der Waals surface area contributed by atoms with Crippen molar-refractivity contribution in [2.45, 2.75) is 26.2 Å². The summed E-state index contributed by atoms with van der Waals surface area (Å²) >= 11 is 0. The van der Waals surface area contributed by atoms with Crippen LogP contribution in [0.3, 0.4) is 0 Å². The van der Waals surface area contributed by atoms with E-state index in [4.69, 9.17) is 9.15 Å². The number of carbonyl (C=O) groups excluding carboxylic acids is 1. The van der Waals surface area contributed by atoms with E-state index in [0.29, 0.717) is 18.1 Å². The smallest absolute Gasteiger partial charge is 0.341 e. The molecule has 4 heteroatoms. The van der Waals surface area contributed by atoms with Gasteiger partial charge in [0.15, 0.2) is 0 Å². The van der Waals surface area contributed by atoms with Gasteiger partial charge in [0.1, 0.15) is 11.3 Å². The summed E-state index contributed by atoms with van der Waals surface area (Å²) in [6, 6.07) is 1.70. The molecule has 1 aromatic heterocycles. The second-order valence-electron chi connectivity index (χ2n) is 4.38. The van der Waals surface area contributed by atoms with Crippen LogP contribution in [0.5, 0.6) is 0 Å². The molecule has 0 aromatic carbocycles. The van der Waals surface area contributed by atoms with E-state index in [2.05, 4.69) is 5.32 Å². The summed E-state index contributed by atoms with van der Waals surface area (Å²) in [6.07, 6.45) is 4.69. The molecule has 1 fully saturated rings. The lowest BCUT2D eigenvalue weighted by Crippen LogP contribution is -2.28. The average molecular weight is 237 g/mol. The highest BCUT2D eigenvalue weighted by molar-refractivity contribution is 5.90. The third kappa shape index (κ3) is 3.09. The zero-order valence-electron chi connectivity index (χ0n) is 10.2. The maximum absolute atomic E-state index is 11.7. The third-order valence-corrected chi connectivity index (χ3v) is 3.17. The van der Waals surface area contributed by atoms with Crippen LogP contribution in [0.4, 0.5) is 0 Å². The number of esters is 1. The van der Waals surface area contributed by atoms with Crippen LogP contribution in [0, 0.1) is 5.92 Å². The Bertz CT molecular complexity index is 366. The predicted molar refractivity (Wildman–Crippen MR) is 64.0 cm³/mol. The van der Waals surface area contributed by atoms with Crippen molar-refractivity contribution in [1.82, 2.24) is 5.32 Å². The first-order valence-corrected chi connectivity index (χ1v) is 6.25. The molecule has 0 amide bonds. The van der Waals surface area contributed by atoms with Gasteiger partial charge in [0.2, 0.25) is 0 Å². The Balaban J connectivity index is 2.00. The highest BCUT2D eigenvalue weighted by atomic mass is 16.5. The van der Waals surface area contributed by atoms with Gasteiger partial charge in [0.25, 0.3) is 0 Å². The summed E-state index contributed by atoms with van der Waals surface area (Å²) in [5, 5.41) is 3.33. The molecule has 1 N–H and O–H groups in total. The lowest BCUT2D eigenvalue weighted by atomic mass is 9.92. The summed E-state index contributed by atoms with van der Waals surface area (Å²) in [4.78, 5) is 11.7. The summed E-state index contributed by atoms with van der Waals surface area (Å²) < 4.78 is 10.4. The summed E-state index contributed by atoms with van der Waals surface area (Å²) in [6.45, 7) is 4.32. The van der Waals surface area contributed by atoms with Gasteiger partial charge in [-0.05, 0) is 44.8 Å². The van der Waals surface area contributed by atoms with Gasteiger partial charge in [-0.2, -0.15) is 0 Å². The van der Waals surface area contributed by atoms with Crippen LogP contribution in [0.1, 0.15) is 35.9 Å². The van der Waals surface area contributed by atoms with Crippen LogP contribution in [0.25, 0.3) is 0 Å². The Hall–Kier alpha value is -1.29. The largest absolute Gasteiger partial charge is 0.468 e. The minimum absolute atomic E-state index is 0.273. The number of ether oxygens (including phenoxy) is 1. The average Bonchev–Trinajstić information content (AvgIpc) is 2.79. The van der Waals surface area contributed by atoms with Crippen molar-refractivity contribution < 1.29 is 13.9 Å². The molecule has 0 saturated carbocycles. The Labute approximate surface area is 101 Å².